The van der Waals surface area contributed by atoms with Gasteiger partial charge in [0.15, 0.2) is 0 Å². The summed E-state index contributed by atoms with van der Waals surface area (Å²) in [6.07, 6.45) is 2.11. The third kappa shape index (κ3) is 7.69. The highest BCUT2D eigenvalue weighted by Gasteiger charge is 2.05. The van der Waals surface area contributed by atoms with E-state index in [2.05, 4.69) is 0 Å². The molecule has 108 valence electrons. The molecule has 19 heavy (non-hydrogen) atoms. The summed E-state index contributed by atoms with van der Waals surface area (Å²) in [7, 11) is -0.971. The van der Waals surface area contributed by atoms with Crippen molar-refractivity contribution >= 4 is 15.5 Å². The van der Waals surface area contributed by atoms with Gasteiger partial charge < -0.3 is 15.4 Å². The fourth-order valence-electron chi connectivity index (χ4n) is 1.52. The summed E-state index contributed by atoms with van der Waals surface area (Å²) in [5.74, 6) is 0.996. The highest BCUT2D eigenvalue weighted by Crippen LogP contribution is 2.13. The molecular formula is C13H22N2O3S. The van der Waals surface area contributed by atoms with Crippen molar-refractivity contribution in [3.63, 3.8) is 0 Å². The van der Waals surface area contributed by atoms with Crippen molar-refractivity contribution in [1.82, 2.24) is 4.90 Å². The minimum Gasteiger partial charge on any atom is -0.494 e. The topological polar surface area (TPSA) is 72.6 Å². The van der Waals surface area contributed by atoms with Crippen molar-refractivity contribution in [2.75, 3.05) is 44.5 Å². The third-order valence-electron chi connectivity index (χ3n) is 2.68. The molecule has 0 aromatic heterocycles. The number of sulfone groups is 1. The molecule has 1 aromatic carbocycles. The molecule has 0 fully saturated rings. The zero-order valence-electron chi connectivity index (χ0n) is 11.5. The number of nitrogen functional groups attached to an aromatic ring is 1. The molecule has 5 nitrogen and oxygen atoms in total. The predicted molar refractivity (Wildman–Crippen MR) is 78.2 cm³/mol. The highest BCUT2D eigenvalue weighted by atomic mass is 32.2. The van der Waals surface area contributed by atoms with Gasteiger partial charge in [-0.15, -0.1) is 0 Å². The van der Waals surface area contributed by atoms with Crippen LogP contribution in [0.4, 0.5) is 5.69 Å². The normalized spacial score (nSPS) is 11.7. The average Bonchev–Trinajstić information content (AvgIpc) is 2.33. The van der Waals surface area contributed by atoms with Crippen LogP contribution in [-0.2, 0) is 9.84 Å². The van der Waals surface area contributed by atoms with Gasteiger partial charge in [-0.25, -0.2) is 8.42 Å². The second-order valence-electron chi connectivity index (χ2n) is 4.70. The standard InChI is InChI=1S/C13H22N2O3S/c1-15(9-11-19(2,16)17)8-3-10-18-13-6-4-12(14)5-7-13/h4-7H,3,8-11,14H2,1-2H3. The molecule has 0 radical (unpaired) electrons. The van der Waals surface area contributed by atoms with Crippen LogP contribution in [0.3, 0.4) is 0 Å². The van der Waals surface area contributed by atoms with Crippen LogP contribution in [0.2, 0.25) is 0 Å². The van der Waals surface area contributed by atoms with Crippen LogP contribution in [0.15, 0.2) is 24.3 Å². The van der Waals surface area contributed by atoms with Gasteiger partial charge in [0.2, 0.25) is 0 Å². The molecule has 0 heterocycles. The van der Waals surface area contributed by atoms with E-state index >= 15 is 0 Å². The Bertz CT molecular complexity index is 471. The summed E-state index contributed by atoms with van der Waals surface area (Å²) in [6.45, 7) is 1.97. The van der Waals surface area contributed by atoms with Gasteiger partial charge in [-0.1, -0.05) is 0 Å². The first kappa shape index (κ1) is 15.8. The lowest BCUT2D eigenvalue weighted by atomic mass is 10.3. The van der Waals surface area contributed by atoms with Gasteiger partial charge in [-0.05, 0) is 37.7 Å². The van der Waals surface area contributed by atoms with Gasteiger partial charge >= 0.3 is 0 Å². The molecule has 0 saturated carbocycles. The minimum atomic E-state index is -2.88. The molecule has 0 unspecified atom stereocenters. The number of ether oxygens (including phenoxy) is 1. The van der Waals surface area contributed by atoms with E-state index in [-0.39, 0.29) is 5.75 Å². The molecule has 0 atom stereocenters. The lowest BCUT2D eigenvalue weighted by Gasteiger charge is -2.16. The molecule has 2 N–H and O–H groups in total. The van der Waals surface area contributed by atoms with Crippen molar-refractivity contribution in [3.8, 4) is 5.75 Å². The predicted octanol–water partition coefficient (Wildman–Crippen LogP) is 1.01. The molecule has 0 spiro atoms. The summed E-state index contributed by atoms with van der Waals surface area (Å²) >= 11 is 0. The summed E-state index contributed by atoms with van der Waals surface area (Å²) in [5.41, 5.74) is 6.29. The van der Waals surface area contributed by atoms with Gasteiger partial charge in [-0.2, -0.15) is 0 Å². The van der Waals surface area contributed by atoms with Gasteiger partial charge in [0.1, 0.15) is 15.6 Å². The quantitative estimate of drug-likeness (QED) is 0.570. The second-order valence-corrected chi connectivity index (χ2v) is 6.96. The Labute approximate surface area is 115 Å². The Balaban J connectivity index is 2.15. The summed E-state index contributed by atoms with van der Waals surface area (Å²) < 4.78 is 27.6. The van der Waals surface area contributed by atoms with Crippen LogP contribution in [0.5, 0.6) is 5.75 Å². The van der Waals surface area contributed by atoms with Gasteiger partial charge in [0.05, 0.1) is 12.4 Å². The molecule has 0 aliphatic heterocycles. The van der Waals surface area contributed by atoms with Crippen LogP contribution in [0.1, 0.15) is 6.42 Å². The molecule has 1 aromatic rings. The number of hydrogen-bond acceptors (Lipinski definition) is 5. The Morgan fingerprint density at radius 1 is 1.21 bits per heavy atom. The van der Waals surface area contributed by atoms with E-state index in [4.69, 9.17) is 10.5 Å². The monoisotopic (exact) mass is 286 g/mol. The molecule has 0 saturated heterocycles. The van der Waals surface area contributed by atoms with Crippen LogP contribution >= 0.6 is 0 Å². The number of nitrogens with two attached hydrogens (primary N) is 1. The van der Waals surface area contributed by atoms with Crippen LogP contribution < -0.4 is 10.5 Å². The highest BCUT2D eigenvalue weighted by molar-refractivity contribution is 7.90. The van der Waals surface area contributed by atoms with E-state index in [1.165, 1.54) is 6.26 Å². The maximum atomic E-state index is 11.0. The molecule has 1 rings (SSSR count). The van der Waals surface area contributed by atoms with Crippen LogP contribution in [0, 0.1) is 0 Å². The Morgan fingerprint density at radius 3 is 2.42 bits per heavy atom. The van der Waals surface area contributed by atoms with E-state index in [9.17, 15) is 8.42 Å². The van der Waals surface area contributed by atoms with Crippen LogP contribution in [-0.4, -0.2) is 52.1 Å². The van der Waals surface area contributed by atoms with E-state index in [0.717, 1.165) is 18.7 Å². The summed E-state index contributed by atoms with van der Waals surface area (Å²) in [5, 5.41) is 0. The van der Waals surface area contributed by atoms with Crippen molar-refractivity contribution in [3.05, 3.63) is 24.3 Å². The van der Waals surface area contributed by atoms with Crippen molar-refractivity contribution < 1.29 is 13.2 Å². The zero-order chi connectivity index (χ0) is 14.3. The maximum Gasteiger partial charge on any atom is 0.148 e. The fraction of sp³-hybridized carbons (Fsp3) is 0.538. The van der Waals surface area contributed by atoms with Crippen molar-refractivity contribution in [2.45, 2.75) is 6.42 Å². The summed E-state index contributed by atoms with van der Waals surface area (Å²) in [6, 6.07) is 7.27. The molecule has 0 aliphatic rings. The largest absolute Gasteiger partial charge is 0.494 e. The minimum absolute atomic E-state index is 0.197. The van der Waals surface area contributed by atoms with E-state index in [0.29, 0.717) is 18.8 Å². The zero-order valence-corrected chi connectivity index (χ0v) is 12.3. The molecule has 6 heteroatoms. The Hall–Kier alpha value is -1.27. The van der Waals surface area contributed by atoms with Gasteiger partial charge in [0, 0.05) is 25.0 Å². The van der Waals surface area contributed by atoms with E-state index < -0.39 is 9.84 Å². The SMILES string of the molecule is CN(CCCOc1ccc(N)cc1)CCS(C)(=O)=O. The molecular weight excluding hydrogens is 264 g/mol. The van der Waals surface area contributed by atoms with Gasteiger partial charge in [-0.3, -0.25) is 0 Å². The van der Waals surface area contributed by atoms with Crippen molar-refractivity contribution in [2.24, 2.45) is 0 Å². The molecule has 0 aliphatic carbocycles. The molecule has 0 amide bonds. The Kier molecular flexibility index (Phi) is 6.11. The van der Waals surface area contributed by atoms with Crippen LogP contribution in [0.25, 0.3) is 0 Å². The average molecular weight is 286 g/mol. The first-order chi connectivity index (χ1) is 8.87. The first-order valence-electron chi connectivity index (χ1n) is 6.21. The van der Waals surface area contributed by atoms with Gasteiger partial charge in [0.25, 0.3) is 0 Å². The third-order valence-corrected chi connectivity index (χ3v) is 3.60. The number of nitrogens with zero attached hydrogens (tertiary/aromatic N) is 1. The second kappa shape index (κ2) is 7.35. The fourth-order valence-corrected chi connectivity index (χ4v) is 2.17. The van der Waals surface area contributed by atoms with E-state index in [1.807, 2.05) is 24.1 Å². The number of hydrogen-bond donors (Lipinski definition) is 1. The summed E-state index contributed by atoms with van der Waals surface area (Å²) in [4.78, 5) is 1.99. The lowest BCUT2D eigenvalue weighted by molar-refractivity contribution is 0.269. The maximum absolute atomic E-state index is 11.0. The number of rotatable bonds is 8. The number of benzene rings is 1. The first-order valence-corrected chi connectivity index (χ1v) is 8.27. The van der Waals surface area contributed by atoms with E-state index in [1.54, 1.807) is 12.1 Å². The lowest BCUT2D eigenvalue weighted by Crippen LogP contribution is -2.27. The smallest absolute Gasteiger partial charge is 0.148 e. The Morgan fingerprint density at radius 2 is 1.84 bits per heavy atom. The van der Waals surface area contributed by atoms with Crippen molar-refractivity contribution in [1.29, 1.82) is 0 Å². The number of anilines is 1. The molecule has 0 bridgehead atoms.